The van der Waals surface area contributed by atoms with Gasteiger partial charge >= 0.3 is 6.01 Å². The van der Waals surface area contributed by atoms with Crippen LogP contribution in [0.2, 0.25) is 0 Å². The molecule has 19 heteroatoms. The molecule has 1 saturated carbocycles. The first-order valence-corrected chi connectivity index (χ1v) is 28.0. The van der Waals surface area contributed by atoms with Crippen molar-refractivity contribution in [1.29, 1.82) is 0 Å². The Balaban J connectivity index is 1.35. The van der Waals surface area contributed by atoms with Crippen LogP contribution >= 0.6 is 0 Å². The zero-order chi connectivity index (χ0) is 57.3. The van der Waals surface area contributed by atoms with E-state index in [4.69, 9.17) is 4.74 Å². The molecule has 0 unspecified atom stereocenters. The molecular weight excluding hydrogens is 1000 g/mol. The average molecular weight is 1090 g/mol. The Kier molecular flexibility index (Phi) is 19.7. The van der Waals surface area contributed by atoms with Crippen molar-refractivity contribution >= 4 is 63.2 Å². The van der Waals surface area contributed by atoms with Gasteiger partial charge in [0.25, 0.3) is 0 Å². The molecule has 19 nitrogen and oxygen atoms in total. The molecule has 7 rings (SSSR count). The molecule has 0 spiro atoms. The van der Waals surface area contributed by atoms with Crippen molar-refractivity contribution in [3.05, 3.63) is 90.8 Å². The summed E-state index contributed by atoms with van der Waals surface area (Å²) in [4.78, 5) is 118. The van der Waals surface area contributed by atoms with Crippen molar-refractivity contribution in [3.63, 3.8) is 0 Å². The van der Waals surface area contributed by atoms with E-state index >= 15 is 24.0 Å². The molecule has 1 aliphatic carbocycles. The lowest BCUT2D eigenvalue weighted by Crippen LogP contribution is -2.61. The number of benzene rings is 2. The lowest BCUT2D eigenvalue weighted by molar-refractivity contribution is -0.150. The van der Waals surface area contributed by atoms with Gasteiger partial charge in [-0.15, -0.1) is 6.58 Å². The van der Waals surface area contributed by atoms with Crippen LogP contribution in [0.25, 0.3) is 21.8 Å². The predicted octanol–water partition coefficient (Wildman–Crippen LogP) is 5.12. The van der Waals surface area contributed by atoms with Crippen molar-refractivity contribution in [2.75, 3.05) is 33.9 Å². The van der Waals surface area contributed by atoms with Crippen molar-refractivity contribution in [3.8, 4) is 6.01 Å². The highest BCUT2D eigenvalue weighted by Gasteiger charge is 2.42. The fourth-order valence-electron chi connectivity index (χ4n) is 10.9. The van der Waals surface area contributed by atoms with Crippen LogP contribution in [-0.2, 0) is 51.9 Å². The van der Waals surface area contributed by atoms with E-state index in [1.165, 1.54) is 35.7 Å². The molecule has 3 aliphatic rings. The zero-order valence-corrected chi connectivity index (χ0v) is 47.5. The Morgan fingerprint density at radius 2 is 1.47 bits per heavy atom. The van der Waals surface area contributed by atoms with E-state index in [9.17, 15) is 14.7 Å². The SMILES string of the molecule is C=CC(C)(C)n1cc(C[C@@H]2NC(=O)[C@H](CC3CCC3)NC(=O)[C@H](CC(C)C)N3CC/C=C\C[C@@H](C3=O)N(C)C(=O)[C@H](C)NC(=O)[C@H](Cc3ccc4cnc(OCCO)nc4c3)NC(=O)[C@H](CC(C)C)N(C)C2=O)c2ccccc21. The summed E-state index contributed by atoms with van der Waals surface area (Å²) in [5.41, 5.74) is 2.14. The van der Waals surface area contributed by atoms with Crippen molar-refractivity contribution < 1.29 is 43.4 Å². The number of fused-ring (bicyclic) bond motifs is 4. The largest absolute Gasteiger partial charge is 0.461 e. The standard InChI is InChI=1S/C60H82N10O9/c1-11-60(7,8)70-35-42(43-20-14-15-21-48(43)70)33-47-57(77)68(10)50(28-36(2)3)54(74)63-46(32-40-23-24-41-34-61-59(79-27-26-71)66-44(41)31-40)52(72)62-38(6)56(76)67(9)49-22-13-12-16-25-69(58(49)78)51(29-37(4)5)55(75)64-45(53(73)65-47)30-39-18-17-19-39/h11-15,20-21,23-24,31,34-39,45-47,49-51,71H,1,16-19,22,25-30,32-33H2,2-10H3,(H,62,72)(H,63,74)(H,64,75)(H,65,73)/b13-12-/t38-,45-,46-,47-,49-,50-,51-/m0/s1. The number of ether oxygens (including phenoxy) is 1. The molecule has 0 radical (unpaired) electrons. The van der Waals surface area contributed by atoms with Gasteiger partial charge in [-0.05, 0) is 93.9 Å². The first-order valence-electron chi connectivity index (χ1n) is 28.0. The lowest BCUT2D eigenvalue weighted by Gasteiger charge is -2.39. The van der Waals surface area contributed by atoms with Crippen molar-refractivity contribution in [2.24, 2.45) is 17.8 Å². The van der Waals surface area contributed by atoms with Gasteiger partial charge in [0.15, 0.2) is 0 Å². The Labute approximate surface area is 464 Å². The lowest BCUT2D eigenvalue weighted by atomic mass is 9.80. The summed E-state index contributed by atoms with van der Waals surface area (Å²) in [6.45, 7) is 17.3. The molecular formula is C60H82N10O9. The quantitative estimate of drug-likeness (QED) is 0.0981. The molecule has 4 aromatic rings. The van der Waals surface area contributed by atoms with Gasteiger partial charge in [0.05, 0.1) is 17.7 Å². The first-order chi connectivity index (χ1) is 37.6. The van der Waals surface area contributed by atoms with Crippen LogP contribution < -0.4 is 26.0 Å². The predicted molar refractivity (Wildman–Crippen MR) is 302 cm³/mol. The monoisotopic (exact) mass is 1090 g/mol. The molecule has 7 amide bonds. The van der Waals surface area contributed by atoms with Crippen molar-refractivity contribution in [1.82, 2.24) is 50.5 Å². The first kappa shape index (κ1) is 59.5. The van der Waals surface area contributed by atoms with Gasteiger partial charge in [0.2, 0.25) is 41.4 Å². The number of para-hydroxylation sites is 1. The number of hydrogen-bond acceptors (Lipinski definition) is 11. The number of allylic oxidation sites excluding steroid dienone is 1. The molecule has 2 fully saturated rings. The third kappa shape index (κ3) is 14.4. The Morgan fingerprint density at radius 3 is 2.15 bits per heavy atom. The van der Waals surface area contributed by atoms with E-state index in [2.05, 4.69) is 42.4 Å². The summed E-state index contributed by atoms with van der Waals surface area (Å²) >= 11 is 0. The number of aliphatic hydroxyl groups is 1. The molecule has 2 aromatic heterocycles. The van der Waals surface area contributed by atoms with Crippen LogP contribution in [0.3, 0.4) is 0 Å². The second-order valence-electron chi connectivity index (χ2n) is 23.1. The van der Waals surface area contributed by atoms with Crippen LogP contribution in [0.15, 0.2) is 79.7 Å². The minimum Gasteiger partial charge on any atom is -0.461 e. The molecule has 79 heavy (non-hydrogen) atoms. The molecule has 426 valence electrons. The fourth-order valence-corrected chi connectivity index (χ4v) is 10.9. The average Bonchev–Trinajstić information content (AvgIpc) is 3.93. The third-order valence-electron chi connectivity index (χ3n) is 15.8. The van der Waals surface area contributed by atoms with E-state index in [1.54, 1.807) is 24.4 Å². The number of aromatic nitrogens is 3. The van der Waals surface area contributed by atoms with Gasteiger partial charge in [0.1, 0.15) is 48.9 Å². The summed E-state index contributed by atoms with van der Waals surface area (Å²) < 4.78 is 7.55. The molecule has 2 aromatic carbocycles. The maximum atomic E-state index is 15.6. The molecule has 1 saturated heterocycles. The molecule has 5 N–H and O–H groups in total. The van der Waals surface area contributed by atoms with Crippen LogP contribution in [0.1, 0.15) is 111 Å². The van der Waals surface area contributed by atoms with E-state index in [-0.39, 0.29) is 75.6 Å². The van der Waals surface area contributed by atoms with E-state index in [0.717, 1.165) is 35.7 Å². The van der Waals surface area contributed by atoms with Gasteiger partial charge < -0.3 is 50.4 Å². The summed E-state index contributed by atoms with van der Waals surface area (Å²) in [7, 11) is 3.02. The van der Waals surface area contributed by atoms with Crippen LogP contribution in [-0.4, -0.2) is 152 Å². The number of rotatable bonds is 15. The molecule has 2 bridgehead atoms. The summed E-state index contributed by atoms with van der Waals surface area (Å²) in [5, 5.41) is 22.8. The van der Waals surface area contributed by atoms with Crippen LogP contribution in [0.4, 0.5) is 0 Å². The number of nitrogens with zero attached hydrogens (tertiary/aromatic N) is 6. The Hall–Kier alpha value is -7.15. The maximum Gasteiger partial charge on any atom is 0.316 e. The van der Waals surface area contributed by atoms with Gasteiger partial charge in [-0.1, -0.05) is 95.5 Å². The minimum absolute atomic E-state index is 0.00562. The third-order valence-corrected chi connectivity index (χ3v) is 15.8. The maximum absolute atomic E-state index is 15.6. The summed E-state index contributed by atoms with van der Waals surface area (Å²) in [6, 6.07) is 4.98. The van der Waals surface area contributed by atoms with E-state index in [0.29, 0.717) is 29.3 Å². The summed E-state index contributed by atoms with van der Waals surface area (Å²) in [5.74, 6) is -4.15. The van der Waals surface area contributed by atoms with Crippen molar-refractivity contribution in [2.45, 2.75) is 161 Å². The highest BCUT2D eigenvalue weighted by molar-refractivity contribution is 5.99. The molecule has 4 heterocycles. The molecule has 2 aliphatic heterocycles. The fraction of sp³-hybridized carbons (Fsp3) is 0.550. The van der Waals surface area contributed by atoms with E-state index in [1.807, 2.05) is 90.2 Å². The summed E-state index contributed by atoms with van der Waals surface area (Å²) in [6.07, 6.45) is 13.0. The number of carbonyl (C=O) groups excluding carboxylic acids is 7. The number of carbonyl (C=O) groups is 7. The van der Waals surface area contributed by atoms with E-state index < -0.39 is 89.2 Å². The van der Waals surface area contributed by atoms with Gasteiger partial charge in [-0.25, -0.2) is 4.98 Å². The number of nitrogens with one attached hydrogen (secondary N) is 4. The highest BCUT2D eigenvalue weighted by atomic mass is 16.5. The second-order valence-corrected chi connectivity index (χ2v) is 23.1. The van der Waals surface area contributed by atoms with Gasteiger partial charge in [0, 0.05) is 62.2 Å². The number of hydrogen-bond donors (Lipinski definition) is 5. The number of amides is 7. The smallest absolute Gasteiger partial charge is 0.316 e. The normalized spacial score (nSPS) is 24.3. The van der Waals surface area contributed by atoms with Crippen LogP contribution in [0.5, 0.6) is 6.01 Å². The second kappa shape index (κ2) is 26.2. The highest BCUT2D eigenvalue weighted by Crippen LogP contribution is 2.33. The Morgan fingerprint density at radius 1 is 0.797 bits per heavy atom. The Bertz CT molecular complexity index is 2910. The van der Waals surface area contributed by atoms with Gasteiger partial charge in [-0.2, -0.15) is 4.98 Å². The van der Waals surface area contributed by atoms with Crippen LogP contribution in [0, 0.1) is 17.8 Å². The molecule has 7 atom stereocenters. The zero-order valence-electron chi connectivity index (χ0n) is 47.5. The topological polar surface area (TPSA) is 237 Å². The minimum atomic E-state index is -1.32. The number of aliphatic hydroxyl groups excluding tert-OH is 1. The van der Waals surface area contributed by atoms with Gasteiger partial charge in [-0.3, -0.25) is 33.6 Å². The number of likely N-dealkylation sites (N-methyl/N-ethyl adjacent to an activating group) is 2.